The molecule has 2 N–H and O–H groups in total. The van der Waals surface area contributed by atoms with Gasteiger partial charge < -0.3 is 10.5 Å². The van der Waals surface area contributed by atoms with Crippen LogP contribution in [0.1, 0.15) is 11.7 Å². The van der Waals surface area contributed by atoms with Gasteiger partial charge in [-0.05, 0) is 13.1 Å². The fraction of sp³-hybridized carbons (Fsp3) is 0.700. The molecule has 0 saturated carbocycles. The van der Waals surface area contributed by atoms with Crippen molar-refractivity contribution in [2.24, 2.45) is 12.8 Å². The number of nitrogens with zero attached hydrogens (tertiary/aromatic N) is 3. The molecule has 5 heteroatoms. The zero-order valence-corrected chi connectivity index (χ0v) is 9.26. The summed E-state index contributed by atoms with van der Waals surface area (Å²) in [4.78, 5) is 2.28. The molecule has 1 aliphatic rings. The highest BCUT2D eigenvalue weighted by atomic mass is 16.5. The first kappa shape index (κ1) is 10.6. The minimum atomic E-state index is 0.0687. The molecule has 0 amide bonds. The average molecular weight is 210 g/mol. The Bertz CT molecular complexity index is 325. The normalized spacial score (nSPS) is 28.2. The van der Waals surface area contributed by atoms with Gasteiger partial charge in [-0.15, -0.1) is 0 Å². The minimum Gasteiger partial charge on any atom is -0.374 e. The number of ether oxygens (including phenoxy) is 1. The van der Waals surface area contributed by atoms with E-state index >= 15 is 0 Å². The molecule has 2 atom stereocenters. The lowest BCUT2D eigenvalue weighted by atomic mass is 10.0. The number of morpholine rings is 1. The number of rotatable bonds is 2. The molecule has 2 heterocycles. The van der Waals surface area contributed by atoms with E-state index in [4.69, 9.17) is 10.5 Å². The second-order valence-electron chi connectivity index (χ2n) is 3.95. The SMILES string of the molecule is CN1CCOC(CN)C1c1ccnn1C. The first-order valence-electron chi connectivity index (χ1n) is 5.24. The van der Waals surface area contributed by atoms with E-state index in [9.17, 15) is 0 Å². The Hall–Kier alpha value is -0.910. The quantitative estimate of drug-likeness (QED) is 0.731. The standard InChI is InChI=1S/C10H18N4O/c1-13-5-6-15-9(7-11)10(13)8-3-4-12-14(8)2/h3-4,9-10H,5-7,11H2,1-2H3. The van der Waals surface area contributed by atoms with Crippen molar-refractivity contribution in [1.82, 2.24) is 14.7 Å². The molecule has 2 rings (SSSR count). The molecule has 5 nitrogen and oxygen atoms in total. The van der Waals surface area contributed by atoms with E-state index < -0.39 is 0 Å². The highest BCUT2D eigenvalue weighted by Gasteiger charge is 2.32. The monoisotopic (exact) mass is 210 g/mol. The summed E-state index contributed by atoms with van der Waals surface area (Å²) in [5.41, 5.74) is 6.89. The van der Waals surface area contributed by atoms with Crippen LogP contribution >= 0.6 is 0 Å². The molecule has 0 spiro atoms. The van der Waals surface area contributed by atoms with Gasteiger partial charge in [0.1, 0.15) is 0 Å². The number of nitrogens with two attached hydrogens (primary N) is 1. The Labute approximate surface area is 89.8 Å². The fourth-order valence-corrected chi connectivity index (χ4v) is 2.15. The third-order valence-electron chi connectivity index (χ3n) is 3.00. The van der Waals surface area contributed by atoms with Crippen LogP contribution in [0.3, 0.4) is 0 Å². The minimum absolute atomic E-state index is 0.0687. The Kier molecular flexibility index (Phi) is 3.04. The summed E-state index contributed by atoms with van der Waals surface area (Å²) < 4.78 is 7.57. The number of hydrogen-bond acceptors (Lipinski definition) is 4. The highest BCUT2D eigenvalue weighted by molar-refractivity contribution is 5.10. The smallest absolute Gasteiger partial charge is 0.0909 e. The van der Waals surface area contributed by atoms with Crippen molar-refractivity contribution in [1.29, 1.82) is 0 Å². The van der Waals surface area contributed by atoms with E-state index in [-0.39, 0.29) is 12.1 Å². The molecule has 0 bridgehead atoms. The van der Waals surface area contributed by atoms with Gasteiger partial charge in [0.25, 0.3) is 0 Å². The summed E-state index contributed by atoms with van der Waals surface area (Å²) in [6.07, 6.45) is 1.88. The van der Waals surface area contributed by atoms with Gasteiger partial charge in [-0.1, -0.05) is 0 Å². The summed E-state index contributed by atoms with van der Waals surface area (Å²) in [7, 11) is 4.05. The molecule has 1 aliphatic heterocycles. The third-order valence-corrected chi connectivity index (χ3v) is 3.00. The molecule has 1 aromatic rings. The van der Waals surface area contributed by atoms with Crippen molar-refractivity contribution in [2.75, 3.05) is 26.7 Å². The molecule has 15 heavy (non-hydrogen) atoms. The molecular weight excluding hydrogens is 192 g/mol. The van der Waals surface area contributed by atoms with Crippen molar-refractivity contribution >= 4 is 0 Å². The van der Waals surface area contributed by atoms with Crippen LogP contribution in [-0.2, 0) is 11.8 Å². The van der Waals surface area contributed by atoms with Crippen LogP contribution in [0, 0.1) is 0 Å². The number of aryl methyl sites for hydroxylation is 1. The molecule has 0 aromatic carbocycles. The van der Waals surface area contributed by atoms with E-state index in [2.05, 4.69) is 17.0 Å². The largest absolute Gasteiger partial charge is 0.374 e. The Morgan fingerprint density at radius 1 is 1.60 bits per heavy atom. The maximum atomic E-state index is 5.73. The van der Waals surface area contributed by atoms with E-state index in [0.717, 1.165) is 18.8 Å². The Morgan fingerprint density at radius 2 is 2.40 bits per heavy atom. The van der Waals surface area contributed by atoms with Crippen LogP contribution in [0.15, 0.2) is 12.3 Å². The van der Waals surface area contributed by atoms with Gasteiger partial charge in [-0.25, -0.2) is 0 Å². The van der Waals surface area contributed by atoms with Gasteiger partial charge in [0.2, 0.25) is 0 Å². The van der Waals surface area contributed by atoms with Crippen LogP contribution in [-0.4, -0.2) is 47.5 Å². The van der Waals surface area contributed by atoms with Crippen molar-refractivity contribution < 1.29 is 4.74 Å². The van der Waals surface area contributed by atoms with Gasteiger partial charge >= 0.3 is 0 Å². The predicted molar refractivity (Wildman–Crippen MR) is 57.4 cm³/mol. The lowest BCUT2D eigenvalue weighted by Gasteiger charge is -2.38. The van der Waals surface area contributed by atoms with Crippen molar-refractivity contribution in [3.05, 3.63) is 18.0 Å². The average Bonchev–Trinajstić information content (AvgIpc) is 2.64. The van der Waals surface area contributed by atoms with Crippen LogP contribution in [0.25, 0.3) is 0 Å². The number of hydrogen-bond donors (Lipinski definition) is 1. The summed E-state index contributed by atoms with van der Waals surface area (Å²) in [5, 5.41) is 4.19. The van der Waals surface area contributed by atoms with Crippen LogP contribution in [0.2, 0.25) is 0 Å². The van der Waals surface area contributed by atoms with Gasteiger partial charge in [0, 0.05) is 26.3 Å². The van der Waals surface area contributed by atoms with Crippen molar-refractivity contribution in [2.45, 2.75) is 12.1 Å². The zero-order valence-electron chi connectivity index (χ0n) is 9.26. The Balaban J connectivity index is 2.27. The van der Waals surface area contributed by atoms with Gasteiger partial charge in [0.15, 0.2) is 0 Å². The molecular formula is C10H18N4O. The fourth-order valence-electron chi connectivity index (χ4n) is 2.15. The first-order chi connectivity index (χ1) is 7.24. The number of aromatic nitrogens is 2. The van der Waals surface area contributed by atoms with Gasteiger partial charge in [-0.2, -0.15) is 5.10 Å². The molecule has 0 aliphatic carbocycles. The number of likely N-dealkylation sites (N-methyl/N-ethyl adjacent to an activating group) is 1. The van der Waals surface area contributed by atoms with E-state index in [0.29, 0.717) is 6.54 Å². The maximum absolute atomic E-state index is 5.73. The summed E-state index contributed by atoms with van der Waals surface area (Å²) in [5.74, 6) is 0. The van der Waals surface area contributed by atoms with Crippen LogP contribution in [0.5, 0.6) is 0 Å². The predicted octanol–water partition coefficient (Wildman–Crippen LogP) is -0.249. The van der Waals surface area contributed by atoms with Crippen molar-refractivity contribution in [3.63, 3.8) is 0 Å². The molecule has 84 valence electrons. The molecule has 2 unspecified atom stereocenters. The topological polar surface area (TPSA) is 56.3 Å². The highest BCUT2D eigenvalue weighted by Crippen LogP contribution is 2.26. The molecule has 1 fully saturated rings. The van der Waals surface area contributed by atoms with E-state index in [1.807, 2.05) is 24.0 Å². The second kappa shape index (κ2) is 4.30. The van der Waals surface area contributed by atoms with Crippen molar-refractivity contribution in [3.8, 4) is 0 Å². The first-order valence-corrected chi connectivity index (χ1v) is 5.24. The van der Waals surface area contributed by atoms with E-state index in [1.165, 1.54) is 0 Å². The summed E-state index contributed by atoms with van der Waals surface area (Å²) >= 11 is 0. The molecule has 0 radical (unpaired) electrons. The van der Waals surface area contributed by atoms with Gasteiger partial charge in [-0.3, -0.25) is 9.58 Å². The lowest BCUT2D eigenvalue weighted by Crippen LogP contribution is -2.47. The van der Waals surface area contributed by atoms with Gasteiger partial charge in [0.05, 0.1) is 24.4 Å². The van der Waals surface area contributed by atoms with Crippen LogP contribution < -0.4 is 5.73 Å². The summed E-state index contributed by atoms with van der Waals surface area (Å²) in [6, 6.07) is 2.25. The van der Waals surface area contributed by atoms with Crippen LogP contribution in [0.4, 0.5) is 0 Å². The lowest BCUT2D eigenvalue weighted by molar-refractivity contribution is -0.0600. The molecule has 1 aromatic heterocycles. The Morgan fingerprint density at radius 3 is 3.00 bits per heavy atom. The summed E-state index contributed by atoms with van der Waals surface area (Å²) in [6.45, 7) is 2.24. The zero-order chi connectivity index (χ0) is 10.8. The second-order valence-corrected chi connectivity index (χ2v) is 3.95. The third kappa shape index (κ3) is 1.90. The maximum Gasteiger partial charge on any atom is 0.0909 e. The molecule has 1 saturated heterocycles. The van der Waals surface area contributed by atoms with E-state index in [1.54, 1.807) is 0 Å².